The number of hydrogen-bond acceptors (Lipinski definition) is 1. The Labute approximate surface area is 61.4 Å². The van der Waals surface area contributed by atoms with Crippen molar-refractivity contribution in [1.29, 1.82) is 0 Å². The van der Waals surface area contributed by atoms with Crippen molar-refractivity contribution in [2.24, 2.45) is 11.8 Å². The maximum atomic E-state index is 2.41. The number of fused-ring (bicyclic) bond motifs is 2. The molecule has 3 aliphatic rings. The Hall–Kier alpha value is 0.350. The molecule has 0 aromatic rings. The van der Waals surface area contributed by atoms with E-state index in [0.29, 0.717) is 0 Å². The van der Waals surface area contributed by atoms with Crippen LogP contribution in [0.3, 0.4) is 0 Å². The molecule has 2 aliphatic heterocycles. The zero-order valence-corrected chi connectivity index (χ0v) is 6.95. The highest BCUT2D eigenvalue weighted by molar-refractivity contribution is 8.01. The molecule has 3 fully saturated rings. The molecule has 0 aromatic heterocycles. The van der Waals surface area contributed by atoms with Crippen LogP contribution in [-0.2, 0) is 0 Å². The first-order valence-electron chi connectivity index (χ1n) is 3.93. The molecule has 52 valence electrons. The Kier molecular flexibility index (Phi) is 1.29. The molecule has 0 nitrogen and oxygen atoms in total. The van der Waals surface area contributed by atoms with E-state index in [0.717, 1.165) is 22.3 Å². The SMILES string of the molecule is CC1CC2CC(S2)C1C. The van der Waals surface area contributed by atoms with Gasteiger partial charge in [-0.05, 0) is 24.7 Å². The van der Waals surface area contributed by atoms with Crippen molar-refractivity contribution in [2.45, 2.75) is 37.2 Å². The molecular weight excluding hydrogens is 128 g/mol. The van der Waals surface area contributed by atoms with Crippen LogP contribution < -0.4 is 0 Å². The summed E-state index contributed by atoms with van der Waals surface area (Å²) >= 11 is 2.23. The Balaban J connectivity index is 2.04. The minimum absolute atomic E-state index is 1.000. The summed E-state index contributed by atoms with van der Waals surface area (Å²) < 4.78 is 0. The van der Waals surface area contributed by atoms with E-state index in [-0.39, 0.29) is 0 Å². The second kappa shape index (κ2) is 1.91. The van der Waals surface area contributed by atoms with E-state index in [9.17, 15) is 0 Å². The van der Waals surface area contributed by atoms with Crippen molar-refractivity contribution in [2.75, 3.05) is 0 Å². The number of hydrogen-bond donors (Lipinski definition) is 0. The van der Waals surface area contributed by atoms with E-state index < -0.39 is 0 Å². The van der Waals surface area contributed by atoms with Crippen LogP contribution in [0.5, 0.6) is 0 Å². The molecule has 1 aliphatic carbocycles. The molecule has 2 bridgehead atoms. The van der Waals surface area contributed by atoms with Crippen LogP contribution in [0.25, 0.3) is 0 Å². The average molecular weight is 142 g/mol. The lowest BCUT2D eigenvalue weighted by Gasteiger charge is -2.48. The molecule has 9 heavy (non-hydrogen) atoms. The van der Waals surface area contributed by atoms with Crippen LogP contribution in [0.15, 0.2) is 0 Å². The third kappa shape index (κ3) is 0.813. The van der Waals surface area contributed by atoms with E-state index in [1.165, 1.54) is 12.8 Å². The summed E-state index contributed by atoms with van der Waals surface area (Å²) in [7, 11) is 0. The molecule has 0 amide bonds. The lowest BCUT2D eigenvalue weighted by molar-refractivity contribution is 0.268. The summed E-state index contributed by atoms with van der Waals surface area (Å²) in [6.45, 7) is 4.82. The molecule has 0 aromatic carbocycles. The third-order valence-electron chi connectivity index (χ3n) is 2.98. The standard InChI is InChI=1S/C8H14S/c1-5-3-7-4-8(9-7)6(5)2/h5-8H,3-4H2,1-2H3. The predicted octanol–water partition coefficient (Wildman–Crippen LogP) is 2.54. The maximum Gasteiger partial charge on any atom is 0.00885 e. The van der Waals surface area contributed by atoms with Crippen molar-refractivity contribution in [3.05, 3.63) is 0 Å². The lowest BCUT2D eigenvalue weighted by Crippen LogP contribution is -2.42. The van der Waals surface area contributed by atoms with Gasteiger partial charge >= 0.3 is 0 Å². The van der Waals surface area contributed by atoms with Crippen LogP contribution in [0, 0.1) is 11.8 Å². The molecule has 4 unspecified atom stereocenters. The molecule has 1 saturated carbocycles. The van der Waals surface area contributed by atoms with E-state index in [1.807, 2.05) is 0 Å². The highest BCUT2D eigenvalue weighted by atomic mass is 32.2. The van der Waals surface area contributed by atoms with Gasteiger partial charge in [0.05, 0.1) is 0 Å². The molecule has 4 atom stereocenters. The quantitative estimate of drug-likeness (QED) is 0.501. The van der Waals surface area contributed by atoms with Crippen LogP contribution in [0.2, 0.25) is 0 Å². The van der Waals surface area contributed by atoms with Gasteiger partial charge in [-0.2, -0.15) is 11.8 Å². The summed E-state index contributed by atoms with van der Waals surface area (Å²) in [5.41, 5.74) is 0. The van der Waals surface area contributed by atoms with Crippen molar-refractivity contribution < 1.29 is 0 Å². The van der Waals surface area contributed by atoms with E-state index in [4.69, 9.17) is 0 Å². The zero-order chi connectivity index (χ0) is 6.43. The molecule has 2 heterocycles. The summed E-state index contributed by atoms with van der Waals surface area (Å²) in [5, 5.41) is 2.10. The summed E-state index contributed by atoms with van der Waals surface area (Å²) in [6.07, 6.45) is 3.01. The molecule has 0 spiro atoms. The first kappa shape index (κ1) is 6.09. The second-order valence-corrected chi connectivity index (χ2v) is 5.15. The molecular formula is C8H14S. The molecule has 0 N–H and O–H groups in total. The second-order valence-electron chi connectivity index (χ2n) is 3.60. The Morgan fingerprint density at radius 1 is 1.22 bits per heavy atom. The van der Waals surface area contributed by atoms with Crippen LogP contribution in [0.4, 0.5) is 0 Å². The van der Waals surface area contributed by atoms with Gasteiger partial charge in [0.15, 0.2) is 0 Å². The molecule has 1 heteroatoms. The van der Waals surface area contributed by atoms with Crippen LogP contribution in [0.1, 0.15) is 26.7 Å². The minimum atomic E-state index is 1.000. The fourth-order valence-electron chi connectivity index (χ4n) is 1.98. The molecule has 3 rings (SSSR count). The third-order valence-corrected chi connectivity index (χ3v) is 4.72. The lowest BCUT2D eigenvalue weighted by atomic mass is 9.80. The van der Waals surface area contributed by atoms with E-state index >= 15 is 0 Å². The number of thioether (sulfide) groups is 1. The van der Waals surface area contributed by atoms with Crippen molar-refractivity contribution in [3.63, 3.8) is 0 Å². The van der Waals surface area contributed by atoms with Gasteiger partial charge in [-0.1, -0.05) is 13.8 Å². The Bertz CT molecular complexity index is 114. The minimum Gasteiger partial charge on any atom is -0.155 e. The monoisotopic (exact) mass is 142 g/mol. The average Bonchev–Trinajstić information content (AvgIpc) is 1.72. The van der Waals surface area contributed by atoms with E-state index in [1.54, 1.807) is 0 Å². The van der Waals surface area contributed by atoms with Gasteiger partial charge in [0.1, 0.15) is 0 Å². The first-order valence-corrected chi connectivity index (χ1v) is 4.87. The van der Waals surface area contributed by atoms with Gasteiger partial charge in [0, 0.05) is 10.5 Å². The molecule has 2 saturated heterocycles. The number of rotatable bonds is 0. The van der Waals surface area contributed by atoms with Crippen molar-refractivity contribution >= 4 is 11.8 Å². The van der Waals surface area contributed by atoms with Gasteiger partial charge in [-0.25, -0.2) is 0 Å². The predicted molar refractivity (Wildman–Crippen MR) is 42.7 cm³/mol. The Morgan fingerprint density at radius 2 is 1.89 bits per heavy atom. The molecule has 0 radical (unpaired) electrons. The van der Waals surface area contributed by atoms with Crippen LogP contribution >= 0.6 is 11.8 Å². The normalized spacial score (nSPS) is 56.7. The van der Waals surface area contributed by atoms with Gasteiger partial charge in [-0.3, -0.25) is 0 Å². The van der Waals surface area contributed by atoms with Gasteiger partial charge in [0.2, 0.25) is 0 Å². The largest absolute Gasteiger partial charge is 0.155 e. The summed E-state index contributed by atoms with van der Waals surface area (Å²) in [5.74, 6) is 2.01. The van der Waals surface area contributed by atoms with E-state index in [2.05, 4.69) is 25.6 Å². The summed E-state index contributed by atoms with van der Waals surface area (Å²) in [6, 6.07) is 0. The highest BCUT2D eigenvalue weighted by Crippen LogP contribution is 2.51. The summed E-state index contributed by atoms with van der Waals surface area (Å²) in [4.78, 5) is 0. The van der Waals surface area contributed by atoms with Crippen molar-refractivity contribution in [1.82, 2.24) is 0 Å². The maximum absolute atomic E-state index is 2.41. The van der Waals surface area contributed by atoms with Gasteiger partial charge < -0.3 is 0 Å². The van der Waals surface area contributed by atoms with Gasteiger partial charge in [0.25, 0.3) is 0 Å². The smallest absolute Gasteiger partial charge is 0.00885 e. The Morgan fingerprint density at radius 3 is 2.22 bits per heavy atom. The highest BCUT2D eigenvalue weighted by Gasteiger charge is 2.42. The van der Waals surface area contributed by atoms with Gasteiger partial charge in [-0.15, -0.1) is 0 Å². The van der Waals surface area contributed by atoms with Crippen molar-refractivity contribution in [3.8, 4) is 0 Å². The fourth-order valence-corrected chi connectivity index (χ4v) is 3.71. The zero-order valence-electron chi connectivity index (χ0n) is 6.13. The fraction of sp³-hybridized carbons (Fsp3) is 1.00. The topological polar surface area (TPSA) is 0 Å². The first-order chi connectivity index (χ1) is 4.27. The van der Waals surface area contributed by atoms with Crippen LogP contribution in [-0.4, -0.2) is 10.5 Å².